The lowest BCUT2D eigenvalue weighted by Crippen LogP contribution is -2.43. The number of halogens is 1. The minimum Gasteiger partial charge on any atom is -0.370 e. The molecular weight excluding hydrogens is 333 g/mol. The Labute approximate surface area is 151 Å². The Morgan fingerprint density at radius 3 is 2.92 bits per heavy atom. The highest BCUT2D eigenvalue weighted by molar-refractivity contribution is 5.78. The number of fused-ring (bicyclic) bond motifs is 1. The number of carbonyl (C=O) groups excluding carboxylic acids is 1. The van der Waals surface area contributed by atoms with Crippen LogP contribution in [0.1, 0.15) is 22.9 Å². The number of morpholine rings is 1. The zero-order chi connectivity index (χ0) is 18.1. The Hall–Kier alpha value is -2.73. The van der Waals surface area contributed by atoms with E-state index >= 15 is 0 Å². The van der Waals surface area contributed by atoms with E-state index in [2.05, 4.69) is 4.98 Å². The predicted molar refractivity (Wildman–Crippen MR) is 95.3 cm³/mol. The van der Waals surface area contributed by atoms with Crippen LogP contribution in [0.4, 0.5) is 4.39 Å². The third-order valence-corrected chi connectivity index (χ3v) is 4.80. The van der Waals surface area contributed by atoms with Crippen LogP contribution in [-0.4, -0.2) is 39.9 Å². The molecule has 26 heavy (non-hydrogen) atoms. The summed E-state index contributed by atoms with van der Waals surface area (Å²) in [4.78, 5) is 19.0. The average Bonchev–Trinajstić information content (AvgIpc) is 3.07. The molecule has 1 amide bonds. The van der Waals surface area contributed by atoms with Crippen LogP contribution in [0, 0.1) is 12.7 Å². The lowest BCUT2D eigenvalue weighted by molar-refractivity contribution is -0.138. The van der Waals surface area contributed by atoms with E-state index in [1.807, 2.05) is 34.6 Å². The average molecular weight is 353 g/mol. The Morgan fingerprint density at radius 1 is 1.31 bits per heavy atom. The Bertz CT molecular complexity index is 936. The van der Waals surface area contributed by atoms with Crippen molar-refractivity contribution in [1.82, 2.24) is 14.3 Å². The molecule has 0 radical (unpaired) electrons. The number of carbonyl (C=O) groups is 1. The molecule has 2 aromatic heterocycles. The second kappa shape index (κ2) is 6.88. The maximum Gasteiger partial charge on any atom is 0.228 e. The van der Waals surface area contributed by atoms with Gasteiger partial charge in [0.2, 0.25) is 5.91 Å². The van der Waals surface area contributed by atoms with Crippen LogP contribution >= 0.6 is 0 Å². The molecule has 5 nitrogen and oxygen atoms in total. The molecule has 1 saturated heterocycles. The number of rotatable bonds is 3. The highest BCUT2D eigenvalue weighted by Crippen LogP contribution is 2.23. The number of amides is 1. The van der Waals surface area contributed by atoms with Crippen molar-refractivity contribution in [3.63, 3.8) is 0 Å². The summed E-state index contributed by atoms with van der Waals surface area (Å²) in [6.07, 6.45) is 3.76. The van der Waals surface area contributed by atoms with Crippen molar-refractivity contribution in [2.45, 2.75) is 19.4 Å². The van der Waals surface area contributed by atoms with E-state index in [0.29, 0.717) is 26.1 Å². The van der Waals surface area contributed by atoms with E-state index in [9.17, 15) is 9.18 Å². The summed E-state index contributed by atoms with van der Waals surface area (Å²) in [6, 6.07) is 10.2. The molecule has 3 aromatic rings. The number of aromatic nitrogens is 2. The predicted octanol–water partition coefficient (Wildman–Crippen LogP) is 2.92. The molecule has 0 saturated carbocycles. The Kier molecular flexibility index (Phi) is 4.42. The van der Waals surface area contributed by atoms with Crippen molar-refractivity contribution in [3.05, 3.63) is 71.4 Å². The van der Waals surface area contributed by atoms with Crippen LogP contribution in [0.25, 0.3) is 5.65 Å². The van der Waals surface area contributed by atoms with Gasteiger partial charge >= 0.3 is 0 Å². The van der Waals surface area contributed by atoms with Gasteiger partial charge < -0.3 is 14.0 Å². The smallest absolute Gasteiger partial charge is 0.228 e. The molecule has 0 unspecified atom stereocenters. The number of aryl methyl sites for hydroxylation is 1. The van der Waals surface area contributed by atoms with E-state index in [-0.39, 0.29) is 17.8 Å². The van der Waals surface area contributed by atoms with Crippen LogP contribution in [0.3, 0.4) is 0 Å². The number of ether oxygens (including phenoxy) is 1. The first-order chi connectivity index (χ1) is 12.6. The zero-order valence-corrected chi connectivity index (χ0v) is 14.6. The van der Waals surface area contributed by atoms with E-state index in [4.69, 9.17) is 4.74 Å². The van der Waals surface area contributed by atoms with Crippen LogP contribution < -0.4 is 0 Å². The van der Waals surface area contributed by atoms with Crippen LogP contribution in [0.15, 0.2) is 48.8 Å². The zero-order valence-electron chi connectivity index (χ0n) is 14.6. The summed E-state index contributed by atoms with van der Waals surface area (Å²) in [5.41, 5.74) is 3.71. The molecule has 0 bridgehead atoms. The van der Waals surface area contributed by atoms with E-state index in [0.717, 1.165) is 22.5 Å². The molecule has 1 fully saturated rings. The number of hydrogen-bond acceptors (Lipinski definition) is 3. The molecular formula is C20H20FN3O2. The quantitative estimate of drug-likeness (QED) is 0.727. The SMILES string of the molecule is Cc1cccn2c(CC(=O)N3CCO[C@@H](c4ccc(F)cc4)C3)cnc12. The maximum atomic E-state index is 13.1. The number of benzene rings is 1. The molecule has 134 valence electrons. The maximum absolute atomic E-state index is 13.1. The summed E-state index contributed by atoms with van der Waals surface area (Å²) in [5, 5.41) is 0. The van der Waals surface area contributed by atoms with Gasteiger partial charge in [-0.25, -0.2) is 9.37 Å². The topological polar surface area (TPSA) is 46.8 Å². The number of pyridine rings is 1. The molecule has 3 heterocycles. The first kappa shape index (κ1) is 16.7. The fraction of sp³-hybridized carbons (Fsp3) is 0.300. The number of hydrogen-bond donors (Lipinski definition) is 0. The fourth-order valence-electron chi connectivity index (χ4n) is 3.35. The van der Waals surface area contributed by atoms with Gasteiger partial charge in [0, 0.05) is 18.9 Å². The third kappa shape index (κ3) is 3.20. The third-order valence-electron chi connectivity index (χ3n) is 4.80. The largest absolute Gasteiger partial charge is 0.370 e. The molecule has 0 N–H and O–H groups in total. The second-order valence-corrected chi connectivity index (χ2v) is 6.56. The van der Waals surface area contributed by atoms with Crippen molar-refractivity contribution in [1.29, 1.82) is 0 Å². The van der Waals surface area contributed by atoms with Crippen LogP contribution in [0.2, 0.25) is 0 Å². The second-order valence-electron chi connectivity index (χ2n) is 6.56. The van der Waals surface area contributed by atoms with Gasteiger partial charge in [-0.3, -0.25) is 4.79 Å². The van der Waals surface area contributed by atoms with Gasteiger partial charge in [0.05, 0.1) is 25.3 Å². The molecule has 6 heteroatoms. The minimum absolute atomic E-state index is 0.0451. The number of nitrogens with zero attached hydrogens (tertiary/aromatic N) is 3. The summed E-state index contributed by atoms with van der Waals surface area (Å²) in [7, 11) is 0. The van der Waals surface area contributed by atoms with Gasteiger partial charge in [-0.2, -0.15) is 0 Å². The first-order valence-electron chi connectivity index (χ1n) is 8.68. The van der Waals surface area contributed by atoms with Gasteiger partial charge in [-0.05, 0) is 36.2 Å². The normalized spacial score (nSPS) is 17.6. The molecule has 0 aliphatic carbocycles. The Morgan fingerprint density at radius 2 is 2.12 bits per heavy atom. The van der Waals surface area contributed by atoms with Gasteiger partial charge in [0.25, 0.3) is 0 Å². The lowest BCUT2D eigenvalue weighted by atomic mass is 10.1. The van der Waals surface area contributed by atoms with Crippen LogP contribution in [-0.2, 0) is 16.0 Å². The van der Waals surface area contributed by atoms with Gasteiger partial charge in [-0.1, -0.05) is 18.2 Å². The van der Waals surface area contributed by atoms with Crippen LogP contribution in [0.5, 0.6) is 0 Å². The van der Waals surface area contributed by atoms with Crippen molar-refractivity contribution in [2.75, 3.05) is 19.7 Å². The standard InChI is InChI=1S/C20H20FN3O2/c1-14-3-2-8-24-17(12-22-20(14)24)11-19(25)23-9-10-26-18(13-23)15-4-6-16(21)7-5-15/h2-8,12,18H,9-11,13H2,1H3/t18-/m1/s1. The van der Waals surface area contributed by atoms with Gasteiger partial charge in [-0.15, -0.1) is 0 Å². The lowest BCUT2D eigenvalue weighted by Gasteiger charge is -2.33. The summed E-state index contributed by atoms with van der Waals surface area (Å²) >= 11 is 0. The fourth-order valence-corrected chi connectivity index (χ4v) is 3.35. The summed E-state index contributed by atoms with van der Waals surface area (Å²) in [6.45, 7) is 3.51. The van der Waals surface area contributed by atoms with Gasteiger partial charge in [0.15, 0.2) is 0 Å². The molecule has 1 atom stereocenters. The molecule has 4 rings (SSSR count). The monoisotopic (exact) mass is 353 g/mol. The minimum atomic E-state index is -0.277. The van der Waals surface area contributed by atoms with E-state index in [1.165, 1.54) is 12.1 Å². The van der Waals surface area contributed by atoms with Crippen molar-refractivity contribution < 1.29 is 13.9 Å². The highest BCUT2D eigenvalue weighted by Gasteiger charge is 2.26. The highest BCUT2D eigenvalue weighted by atomic mass is 19.1. The van der Waals surface area contributed by atoms with E-state index < -0.39 is 0 Å². The van der Waals surface area contributed by atoms with Gasteiger partial charge in [0.1, 0.15) is 17.6 Å². The molecule has 0 spiro atoms. The first-order valence-corrected chi connectivity index (χ1v) is 8.68. The van der Waals surface area contributed by atoms with E-state index in [1.54, 1.807) is 18.3 Å². The Balaban J connectivity index is 1.49. The summed E-state index contributed by atoms with van der Waals surface area (Å²) in [5.74, 6) is -0.232. The molecule has 1 aliphatic heterocycles. The summed E-state index contributed by atoms with van der Waals surface area (Å²) < 4.78 is 20.8. The molecule has 1 aliphatic rings. The molecule has 1 aromatic carbocycles. The number of imidazole rings is 1. The van der Waals surface area contributed by atoms with Crippen molar-refractivity contribution >= 4 is 11.6 Å². The van der Waals surface area contributed by atoms with Crippen molar-refractivity contribution in [3.8, 4) is 0 Å². The van der Waals surface area contributed by atoms with Crippen molar-refractivity contribution in [2.24, 2.45) is 0 Å².